The maximum atomic E-state index is 11.0. The van der Waals surface area contributed by atoms with Gasteiger partial charge in [-0.3, -0.25) is 4.79 Å². The van der Waals surface area contributed by atoms with E-state index in [1.807, 2.05) is 20.3 Å². The van der Waals surface area contributed by atoms with Crippen molar-refractivity contribution in [2.24, 2.45) is 0 Å². The average Bonchev–Trinajstić information content (AvgIpc) is 2.76. The van der Waals surface area contributed by atoms with Crippen LogP contribution in [0.15, 0.2) is 24.4 Å². The van der Waals surface area contributed by atoms with Gasteiger partial charge in [0.25, 0.3) is 0 Å². The predicted molar refractivity (Wildman–Crippen MR) is 81.2 cm³/mol. The molecule has 2 aromatic rings. The maximum Gasteiger partial charge on any atom is 0.216 e. The van der Waals surface area contributed by atoms with Crippen molar-refractivity contribution in [1.29, 1.82) is 0 Å². The van der Waals surface area contributed by atoms with Crippen molar-refractivity contribution < 1.29 is 9.63 Å². The number of hydrogen-bond donors (Lipinski definition) is 1. The molecule has 1 aromatic carbocycles. The fourth-order valence-electron chi connectivity index (χ4n) is 2.26. The molecule has 2 rings (SSSR count). The highest BCUT2D eigenvalue weighted by atomic mass is 16.6. The fourth-order valence-corrected chi connectivity index (χ4v) is 2.26. The number of nitrogens with one attached hydrogen (secondary N) is 1. The zero-order valence-electron chi connectivity index (χ0n) is 12.4. The molecule has 1 N–H and O–H groups in total. The van der Waals surface area contributed by atoms with Crippen LogP contribution in [0.2, 0.25) is 0 Å². The number of fused-ring (bicyclic) bond motifs is 1. The molecule has 1 heterocycles. The molecule has 0 aliphatic rings. The Morgan fingerprint density at radius 3 is 2.75 bits per heavy atom. The molecule has 0 aliphatic carbocycles. The van der Waals surface area contributed by atoms with Gasteiger partial charge in [-0.05, 0) is 30.2 Å². The normalized spacial score (nSPS) is 10.6. The molecular weight excluding hydrogens is 254 g/mol. The number of carbonyl (C=O) groups excluding carboxylic acids is 1. The van der Waals surface area contributed by atoms with Crippen LogP contribution in [0.1, 0.15) is 12.5 Å². The molecule has 0 atom stereocenters. The average molecular weight is 275 g/mol. The zero-order valence-corrected chi connectivity index (χ0v) is 12.4. The highest BCUT2D eigenvalue weighted by Crippen LogP contribution is 2.25. The van der Waals surface area contributed by atoms with Crippen LogP contribution in [-0.4, -0.2) is 38.4 Å². The first-order chi connectivity index (χ1) is 9.52. The van der Waals surface area contributed by atoms with Crippen molar-refractivity contribution in [3.8, 4) is 0 Å². The number of aromatic nitrogens is 1. The minimum absolute atomic E-state index is 0.00513. The first-order valence-corrected chi connectivity index (χ1v) is 6.63. The quantitative estimate of drug-likeness (QED) is 0.898. The van der Waals surface area contributed by atoms with Gasteiger partial charge in [-0.25, -0.2) is 0 Å². The van der Waals surface area contributed by atoms with Gasteiger partial charge in [-0.2, -0.15) is 4.73 Å². The molecule has 0 radical (unpaired) electrons. The van der Waals surface area contributed by atoms with Gasteiger partial charge in [0.05, 0.1) is 5.52 Å². The topological polar surface area (TPSA) is 46.5 Å². The number of benzene rings is 1. The standard InChI is InChI=1S/C15H21N3O2/c1-11(19)16-8-7-12-10-18(20-4)15-6-5-13(17(2)3)9-14(12)15/h5-6,9-10H,7-8H2,1-4H3,(H,16,19). The van der Waals surface area contributed by atoms with Gasteiger partial charge in [0, 0.05) is 44.8 Å². The van der Waals surface area contributed by atoms with E-state index in [1.165, 1.54) is 12.5 Å². The van der Waals surface area contributed by atoms with Gasteiger partial charge in [-0.15, -0.1) is 0 Å². The van der Waals surface area contributed by atoms with Crippen molar-refractivity contribution in [2.75, 3.05) is 32.6 Å². The minimum atomic E-state index is -0.00513. The number of nitrogens with zero attached hydrogens (tertiary/aromatic N) is 2. The van der Waals surface area contributed by atoms with E-state index in [9.17, 15) is 4.79 Å². The summed E-state index contributed by atoms with van der Waals surface area (Å²) in [5.41, 5.74) is 3.35. The van der Waals surface area contributed by atoms with Crippen LogP contribution >= 0.6 is 0 Å². The highest BCUT2D eigenvalue weighted by molar-refractivity contribution is 5.87. The summed E-state index contributed by atoms with van der Waals surface area (Å²) in [5.74, 6) is -0.00513. The number of carbonyl (C=O) groups is 1. The first-order valence-electron chi connectivity index (χ1n) is 6.63. The lowest BCUT2D eigenvalue weighted by Crippen LogP contribution is -2.22. The lowest BCUT2D eigenvalue weighted by atomic mass is 10.1. The van der Waals surface area contributed by atoms with Gasteiger partial charge < -0.3 is 15.1 Å². The molecule has 1 aromatic heterocycles. The van der Waals surface area contributed by atoms with E-state index in [2.05, 4.69) is 28.4 Å². The van der Waals surface area contributed by atoms with Crippen LogP contribution in [0.4, 0.5) is 5.69 Å². The molecule has 0 spiro atoms. The Bertz CT molecular complexity index is 617. The predicted octanol–water partition coefficient (Wildman–Crippen LogP) is 1.44. The Labute approximate surface area is 119 Å². The Kier molecular flexibility index (Phi) is 4.17. The lowest BCUT2D eigenvalue weighted by Gasteiger charge is -2.12. The summed E-state index contributed by atoms with van der Waals surface area (Å²) in [5, 5.41) is 3.98. The Balaban J connectivity index is 2.36. The smallest absolute Gasteiger partial charge is 0.216 e. The summed E-state index contributed by atoms with van der Waals surface area (Å²) in [6, 6.07) is 6.26. The van der Waals surface area contributed by atoms with Crippen molar-refractivity contribution >= 4 is 22.5 Å². The summed E-state index contributed by atoms with van der Waals surface area (Å²) in [4.78, 5) is 18.4. The third-order valence-electron chi connectivity index (χ3n) is 3.32. The largest absolute Gasteiger partial charge is 0.417 e. The molecule has 0 aliphatic heterocycles. The SMILES string of the molecule is COn1cc(CCNC(C)=O)c2cc(N(C)C)ccc21. The molecule has 5 heteroatoms. The molecule has 0 saturated heterocycles. The van der Waals surface area contributed by atoms with Crippen LogP contribution in [0.5, 0.6) is 0 Å². The Hall–Kier alpha value is -2.17. The van der Waals surface area contributed by atoms with Crippen molar-refractivity contribution in [3.05, 3.63) is 30.0 Å². The monoisotopic (exact) mass is 275 g/mol. The van der Waals surface area contributed by atoms with Crippen LogP contribution in [0.25, 0.3) is 10.9 Å². The van der Waals surface area contributed by atoms with E-state index in [1.54, 1.807) is 11.8 Å². The van der Waals surface area contributed by atoms with Crippen molar-refractivity contribution in [2.45, 2.75) is 13.3 Å². The zero-order chi connectivity index (χ0) is 14.7. The third-order valence-corrected chi connectivity index (χ3v) is 3.32. The van der Waals surface area contributed by atoms with Gasteiger partial charge in [0.1, 0.15) is 7.11 Å². The van der Waals surface area contributed by atoms with E-state index >= 15 is 0 Å². The molecule has 1 amide bonds. The Morgan fingerprint density at radius 2 is 2.15 bits per heavy atom. The van der Waals surface area contributed by atoms with E-state index in [0.29, 0.717) is 6.54 Å². The molecular formula is C15H21N3O2. The molecule has 0 bridgehead atoms. The fraction of sp³-hybridized carbons (Fsp3) is 0.400. The van der Waals surface area contributed by atoms with E-state index in [0.717, 1.165) is 23.0 Å². The van der Waals surface area contributed by atoms with Crippen LogP contribution in [0, 0.1) is 0 Å². The summed E-state index contributed by atoms with van der Waals surface area (Å²) >= 11 is 0. The van der Waals surface area contributed by atoms with E-state index in [-0.39, 0.29) is 5.91 Å². The van der Waals surface area contributed by atoms with E-state index < -0.39 is 0 Å². The number of amides is 1. The van der Waals surface area contributed by atoms with Crippen LogP contribution < -0.4 is 15.1 Å². The second-order valence-electron chi connectivity index (χ2n) is 4.99. The summed E-state index contributed by atoms with van der Waals surface area (Å²) in [6.07, 6.45) is 2.76. The van der Waals surface area contributed by atoms with Crippen LogP contribution in [0.3, 0.4) is 0 Å². The number of hydrogen-bond acceptors (Lipinski definition) is 3. The van der Waals surface area contributed by atoms with Crippen LogP contribution in [-0.2, 0) is 11.2 Å². The maximum absolute atomic E-state index is 11.0. The van der Waals surface area contributed by atoms with Gasteiger partial charge in [-0.1, -0.05) is 0 Å². The van der Waals surface area contributed by atoms with Crippen molar-refractivity contribution in [3.63, 3.8) is 0 Å². The highest BCUT2D eigenvalue weighted by Gasteiger charge is 2.10. The third kappa shape index (κ3) is 2.87. The number of anilines is 1. The summed E-state index contributed by atoms with van der Waals surface area (Å²) in [6.45, 7) is 2.16. The molecule has 108 valence electrons. The summed E-state index contributed by atoms with van der Waals surface area (Å²) in [7, 11) is 5.69. The second kappa shape index (κ2) is 5.86. The molecule has 5 nitrogen and oxygen atoms in total. The molecule has 0 fully saturated rings. The minimum Gasteiger partial charge on any atom is -0.417 e. The van der Waals surface area contributed by atoms with Gasteiger partial charge in [0.2, 0.25) is 5.91 Å². The molecule has 20 heavy (non-hydrogen) atoms. The van der Waals surface area contributed by atoms with Crippen molar-refractivity contribution in [1.82, 2.24) is 10.0 Å². The number of rotatable bonds is 5. The second-order valence-corrected chi connectivity index (χ2v) is 4.99. The van der Waals surface area contributed by atoms with E-state index in [4.69, 9.17) is 4.84 Å². The van der Waals surface area contributed by atoms with Gasteiger partial charge in [0.15, 0.2) is 0 Å². The molecule has 0 saturated carbocycles. The van der Waals surface area contributed by atoms with Gasteiger partial charge >= 0.3 is 0 Å². The Morgan fingerprint density at radius 1 is 1.40 bits per heavy atom. The molecule has 0 unspecified atom stereocenters. The lowest BCUT2D eigenvalue weighted by molar-refractivity contribution is -0.118. The summed E-state index contributed by atoms with van der Waals surface area (Å²) < 4.78 is 1.76. The first kappa shape index (κ1) is 14.2.